The van der Waals surface area contributed by atoms with Crippen LogP contribution in [-0.2, 0) is 16.6 Å². The van der Waals surface area contributed by atoms with E-state index in [1.807, 2.05) is 6.07 Å². The minimum absolute atomic E-state index is 0.477. The molecule has 0 amide bonds. The summed E-state index contributed by atoms with van der Waals surface area (Å²) >= 11 is 1.54. The van der Waals surface area contributed by atoms with Crippen LogP contribution in [0.15, 0.2) is 16.3 Å². The predicted octanol–water partition coefficient (Wildman–Crippen LogP) is 2.42. The van der Waals surface area contributed by atoms with Crippen LogP contribution in [-0.4, -0.2) is 31.9 Å². The number of hydrogen-bond donors (Lipinski definition) is 1. The van der Waals surface area contributed by atoms with Crippen molar-refractivity contribution < 1.29 is 8.42 Å². The lowest BCUT2D eigenvalue weighted by molar-refractivity contribution is 0.288. The van der Waals surface area contributed by atoms with Crippen molar-refractivity contribution in [1.29, 1.82) is 0 Å². The normalized spacial score (nSPS) is 22.2. The summed E-state index contributed by atoms with van der Waals surface area (Å²) in [5.41, 5.74) is 0. The molecule has 0 spiro atoms. The van der Waals surface area contributed by atoms with Gasteiger partial charge < -0.3 is 5.32 Å². The quantitative estimate of drug-likeness (QED) is 0.908. The van der Waals surface area contributed by atoms with Gasteiger partial charge in [-0.25, -0.2) is 8.42 Å². The third kappa shape index (κ3) is 3.24. The zero-order valence-electron chi connectivity index (χ0n) is 11.8. The monoisotopic (exact) mass is 314 g/mol. The van der Waals surface area contributed by atoms with Gasteiger partial charge in [0.1, 0.15) is 0 Å². The van der Waals surface area contributed by atoms with E-state index in [1.54, 1.807) is 21.0 Å². The minimum atomic E-state index is -3.27. The molecule has 0 atom stereocenters. The van der Waals surface area contributed by atoms with Crippen molar-refractivity contribution in [3.63, 3.8) is 0 Å². The van der Waals surface area contributed by atoms with Crippen molar-refractivity contribution in [2.45, 2.75) is 50.1 Å². The largest absolute Gasteiger partial charge is 0.309 e. The lowest BCUT2D eigenvalue weighted by atomic mass is 10.0. The predicted molar refractivity (Wildman–Crippen MR) is 81.3 cm³/mol. The summed E-state index contributed by atoms with van der Waals surface area (Å²) in [6.07, 6.45) is 4.45. The summed E-state index contributed by atoms with van der Waals surface area (Å²) in [6, 6.07) is 2.49. The Bertz CT molecular complexity index is 555. The van der Waals surface area contributed by atoms with Crippen LogP contribution in [0.3, 0.4) is 0 Å². The highest BCUT2D eigenvalue weighted by Crippen LogP contribution is 2.27. The van der Waals surface area contributed by atoms with Gasteiger partial charge in [0.15, 0.2) is 0 Å². The Morgan fingerprint density at radius 1 is 1.30 bits per heavy atom. The van der Waals surface area contributed by atoms with Gasteiger partial charge in [0.25, 0.3) is 0 Å². The van der Waals surface area contributed by atoms with Gasteiger partial charge in [-0.05, 0) is 37.7 Å². The fourth-order valence-corrected chi connectivity index (χ4v) is 5.18. The molecule has 2 fully saturated rings. The Morgan fingerprint density at radius 2 is 2.00 bits per heavy atom. The number of hydrogen-bond acceptors (Lipinski definition) is 4. The summed E-state index contributed by atoms with van der Waals surface area (Å²) in [7, 11) is -3.27. The lowest BCUT2D eigenvalue weighted by Crippen LogP contribution is -2.37. The Labute approximate surface area is 125 Å². The van der Waals surface area contributed by atoms with Gasteiger partial charge in [-0.2, -0.15) is 4.31 Å². The van der Waals surface area contributed by atoms with Gasteiger partial charge in [0.2, 0.25) is 10.0 Å². The number of rotatable bonds is 5. The van der Waals surface area contributed by atoms with Crippen molar-refractivity contribution in [2.75, 3.05) is 13.1 Å². The van der Waals surface area contributed by atoms with Gasteiger partial charge in [-0.15, -0.1) is 11.3 Å². The molecule has 1 aromatic heterocycles. The second-order valence-electron chi connectivity index (χ2n) is 5.99. The van der Waals surface area contributed by atoms with Crippen LogP contribution in [0, 0.1) is 5.92 Å². The average molecular weight is 314 g/mol. The van der Waals surface area contributed by atoms with E-state index in [9.17, 15) is 8.42 Å². The standard InChI is InChI=1S/C14H22N2O2S2/c1-11-4-6-16(7-5-11)20(17,18)14-8-13(19-10-14)9-15-12-2-3-12/h8,10-12,15H,2-7,9H2,1H3. The van der Waals surface area contributed by atoms with Crippen LogP contribution in [0.25, 0.3) is 0 Å². The first kappa shape index (κ1) is 14.5. The maximum absolute atomic E-state index is 12.6. The Balaban J connectivity index is 1.67. The Morgan fingerprint density at radius 3 is 2.65 bits per heavy atom. The minimum Gasteiger partial charge on any atom is -0.309 e. The highest BCUT2D eigenvalue weighted by atomic mass is 32.2. The number of sulfonamides is 1. The third-order valence-corrected chi connectivity index (χ3v) is 7.11. The molecule has 1 N–H and O–H groups in total. The first-order valence-corrected chi connectivity index (χ1v) is 9.68. The van der Waals surface area contributed by atoms with Crippen molar-refractivity contribution in [2.24, 2.45) is 5.92 Å². The summed E-state index contributed by atoms with van der Waals surface area (Å²) in [5, 5.41) is 5.21. The molecule has 20 heavy (non-hydrogen) atoms. The van der Waals surface area contributed by atoms with Crippen molar-refractivity contribution in [3.05, 3.63) is 16.3 Å². The van der Waals surface area contributed by atoms with E-state index in [2.05, 4.69) is 12.2 Å². The van der Waals surface area contributed by atoms with Crippen LogP contribution in [0.5, 0.6) is 0 Å². The van der Waals surface area contributed by atoms with Crippen LogP contribution in [0.1, 0.15) is 37.5 Å². The highest BCUT2D eigenvalue weighted by Gasteiger charge is 2.29. The third-order valence-electron chi connectivity index (χ3n) is 4.15. The molecule has 1 aliphatic heterocycles. The van der Waals surface area contributed by atoms with Gasteiger partial charge in [0, 0.05) is 35.9 Å². The molecule has 1 saturated heterocycles. The number of nitrogens with zero attached hydrogens (tertiary/aromatic N) is 1. The molecule has 1 saturated carbocycles. The van der Waals surface area contributed by atoms with Crippen LogP contribution >= 0.6 is 11.3 Å². The average Bonchev–Trinajstić information content (AvgIpc) is 3.13. The second kappa shape index (κ2) is 5.75. The molecule has 0 unspecified atom stereocenters. The summed E-state index contributed by atoms with van der Waals surface area (Å²) in [6.45, 7) is 4.31. The van der Waals surface area contributed by atoms with Gasteiger partial charge in [-0.3, -0.25) is 0 Å². The zero-order chi connectivity index (χ0) is 14.2. The maximum Gasteiger partial charge on any atom is 0.243 e. The topological polar surface area (TPSA) is 49.4 Å². The highest BCUT2D eigenvalue weighted by molar-refractivity contribution is 7.89. The molecule has 112 valence electrons. The first-order valence-electron chi connectivity index (χ1n) is 7.36. The Hall–Kier alpha value is -0.430. The molecule has 1 aliphatic carbocycles. The van der Waals surface area contributed by atoms with E-state index in [0.717, 1.165) is 24.3 Å². The summed E-state index contributed by atoms with van der Waals surface area (Å²) in [4.78, 5) is 1.59. The molecule has 4 nitrogen and oxygen atoms in total. The Kier molecular flexibility index (Phi) is 4.17. The van der Waals surface area contributed by atoms with E-state index in [4.69, 9.17) is 0 Å². The SMILES string of the molecule is CC1CCN(S(=O)(=O)c2csc(CNC3CC3)c2)CC1. The molecule has 6 heteroatoms. The zero-order valence-corrected chi connectivity index (χ0v) is 13.5. The number of piperidine rings is 1. The van der Waals surface area contributed by atoms with Crippen molar-refractivity contribution in [1.82, 2.24) is 9.62 Å². The fraction of sp³-hybridized carbons (Fsp3) is 0.714. The molecular formula is C14H22N2O2S2. The summed E-state index contributed by atoms with van der Waals surface area (Å²) < 4.78 is 26.8. The van der Waals surface area contributed by atoms with E-state index in [1.165, 1.54) is 12.8 Å². The van der Waals surface area contributed by atoms with Crippen molar-refractivity contribution >= 4 is 21.4 Å². The molecular weight excluding hydrogens is 292 g/mol. The van der Waals surface area contributed by atoms with E-state index in [-0.39, 0.29) is 0 Å². The van der Waals surface area contributed by atoms with Crippen molar-refractivity contribution in [3.8, 4) is 0 Å². The van der Waals surface area contributed by atoms with Gasteiger partial charge in [-0.1, -0.05) is 6.92 Å². The maximum atomic E-state index is 12.6. The lowest BCUT2D eigenvalue weighted by Gasteiger charge is -2.29. The van der Waals surface area contributed by atoms with Crippen LogP contribution in [0.2, 0.25) is 0 Å². The van der Waals surface area contributed by atoms with Crippen LogP contribution in [0.4, 0.5) is 0 Å². The van der Waals surface area contributed by atoms with Crippen LogP contribution < -0.4 is 5.32 Å². The van der Waals surface area contributed by atoms with Gasteiger partial charge in [0.05, 0.1) is 4.90 Å². The summed E-state index contributed by atoms with van der Waals surface area (Å²) in [5.74, 6) is 0.641. The molecule has 0 aromatic carbocycles. The fourth-order valence-electron chi connectivity index (χ4n) is 2.50. The number of nitrogens with one attached hydrogen (secondary N) is 1. The molecule has 3 rings (SSSR count). The number of thiophene rings is 1. The molecule has 0 radical (unpaired) electrons. The van der Waals surface area contributed by atoms with E-state index >= 15 is 0 Å². The molecule has 0 bridgehead atoms. The van der Waals surface area contributed by atoms with Gasteiger partial charge >= 0.3 is 0 Å². The molecule has 2 aliphatic rings. The van der Waals surface area contributed by atoms with E-state index in [0.29, 0.717) is 29.9 Å². The second-order valence-corrected chi connectivity index (χ2v) is 8.92. The first-order chi connectivity index (χ1) is 9.55. The smallest absolute Gasteiger partial charge is 0.243 e. The molecule has 2 heterocycles. The molecule has 1 aromatic rings. The van der Waals surface area contributed by atoms with E-state index < -0.39 is 10.0 Å².